The van der Waals surface area contributed by atoms with Crippen molar-refractivity contribution in [1.29, 1.82) is 5.26 Å². The van der Waals surface area contributed by atoms with E-state index in [4.69, 9.17) is 16.3 Å². The molecule has 3 heterocycles. The molecule has 0 amide bonds. The third kappa shape index (κ3) is 5.39. The first-order chi connectivity index (χ1) is 14.6. The summed E-state index contributed by atoms with van der Waals surface area (Å²) in [6.07, 6.45) is 2.94. The van der Waals surface area contributed by atoms with Crippen LogP contribution in [0.15, 0.2) is 11.5 Å². The van der Waals surface area contributed by atoms with Gasteiger partial charge in [0.05, 0.1) is 29.3 Å². The van der Waals surface area contributed by atoms with Crippen LogP contribution in [0.4, 0.5) is 0 Å². The zero-order chi connectivity index (χ0) is 22.8. The van der Waals surface area contributed by atoms with E-state index in [-0.39, 0.29) is 22.7 Å². The van der Waals surface area contributed by atoms with Crippen molar-refractivity contribution in [2.24, 2.45) is 0 Å². The number of nitrogens with zero attached hydrogens (tertiary/aromatic N) is 4. The van der Waals surface area contributed by atoms with Crippen molar-refractivity contribution in [1.82, 2.24) is 14.8 Å². The van der Waals surface area contributed by atoms with E-state index in [2.05, 4.69) is 10.1 Å². The predicted molar refractivity (Wildman–Crippen MR) is 114 cm³/mol. The Morgan fingerprint density at radius 2 is 2.23 bits per heavy atom. The summed E-state index contributed by atoms with van der Waals surface area (Å²) >= 11 is 7.55. The number of halogens is 1. The number of Topliss-reactive ketones (excluding diaryl/α,β-unsaturated/α-hetero) is 1. The topological polar surface area (TPSA) is 132 Å². The van der Waals surface area contributed by atoms with Crippen molar-refractivity contribution in [3.63, 3.8) is 0 Å². The number of aromatic nitrogens is 3. The molecule has 12 heteroatoms. The Kier molecular flexibility index (Phi) is 6.93. The highest BCUT2D eigenvalue weighted by atomic mass is 35.5. The molecule has 0 bridgehead atoms. The first kappa shape index (κ1) is 23.1. The lowest BCUT2D eigenvalue weighted by Gasteiger charge is -2.09. The molecule has 0 N–H and O–H groups in total. The second-order valence-corrected chi connectivity index (χ2v) is 10.6. The standard InChI is InChI=1S/C19H19ClN4O5S2/c1-11-9-30-19(22-11)15(7-21)16(25)8-29-17(26)4-3-14-12(2)23-24(18(14)20)13-5-6-31(27,28)10-13/h3-4,9,13,15H,5-6,8,10H2,1-2H3/b4-3+/t13-,15-/m0/s1. The highest BCUT2D eigenvalue weighted by molar-refractivity contribution is 7.91. The molecule has 9 nitrogen and oxygen atoms in total. The van der Waals surface area contributed by atoms with Crippen molar-refractivity contribution in [3.05, 3.63) is 38.6 Å². The summed E-state index contributed by atoms with van der Waals surface area (Å²) in [6, 6.07) is 1.53. The van der Waals surface area contributed by atoms with E-state index < -0.39 is 34.1 Å². The van der Waals surface area contributed by atoms with Gasteiger partial charge in [-0.2, -0.15) is 10.4 Å². The fraction of sp³-hybridized carbons (Fsp3) is 0.421. The Morgan fingerprint density at radius 1 is 1.48 bits per heavy atom. The number of ketones is 1. The average Bonchev–Trinajstić information content (AvgIpc) is 3.37. The molecule has 0 unspecified atom stereocenters. The van der Waals surface area contributed by atoms with Crippen LogP contribution in [0.3, 0.4) is 0 Å². The van der Waals surface area contributed by atoms with Gasteiger partial charge in [0.2, 0.25) is 0 Å². The summed E-state index contributed by atoms with van der Waals surface area (Å²) in [7, 11) is -3.10. The number of carbonyl (C=O) groups is 2. The normalized spacial score (nSPS) is 18.7. The number of nitriles is 1. The van der Waals surface area contributed by atoms with Crippen molar-refractivity contribution < 1.29 is 22.7 Å². The molecule has 0 saturated carbocycles. The van der Waals surface area contributed by atoms with Crippen molar-refractivity contribution >= 4 is 50.6 Å². The van der Waals surface area contributed by atoms with Crippen LogP contribution >= 0.6 is 22.9 Å². The van der Waals surface area contributed by atoms with Gasteiger partial charge in [0.1, 0.15) is 10.2 Å². The lowest BCUT2D eigenvalue weighted by molar-refractivity contribution is -0.143. The fourth-order valence-corrected chi connectivity index (χ4v) is 6.05. The summed E-state index contributed by atoms with van der Waals surface area (Å²) in [4.78, 5) is 28.4. The maximum absolute atomic E-state index is 12.2. The van der Waals surface area contributed by atoms with Crippen molar-refractivity contribution in [2.75, 3.05) is 18.1 Å². The van der Waals surface area contributed by atoms with Crippen molar-refractivity contribution in [3.8, 4) is 6.07 Å². The number of hydrogen-bond acceptors (Lipinski definition) is 9. The van der Waals surface area contributed by atoms with Gasteiger partial charge in [0, 0.05) is 22.7 Å². The fourth-order valence-electron chi connectivity index (χ4n) is 3.13. The van der Waals surface area contributed by atoms with E-state index in [0.717, 1.165) is 6.08 Å². The Labute approximate surface area is 188 Å². The molecule has 164 valence electrons. The van der Waals surface area contributed by atoms with Gasteiger partial charge in [0.15, 0.2) is 28.1 Å². The lowest BCUT2D eigenvalue weighted by atomic mass is 10.1. The number of rotatable bonds is 7. The highest BCUT2D eigenvalue weighted by Crippen LogP contribution is 2.30. The van der Waals surface area contributed by atoms with Crippen LogP contribution in [0.2, 0.25) is 5.15 Å². The maximum atomic E-state index is 12.2. The Balaban J connectivity index is 1.63. The molecule has 2 atom stereocenters. The third-order valence-electron chi connectivity index (χ3n) is 4.70. The minimum atomic E-state index is -3.10. The molecule has 0 aliphatic carbocycles. The summed E-state index contributed by atoms with van der Waals surface area (Å²) in [5, 5.41) is 15.9. The van der Waals surface area contributed by atoms with Gasteiger partial charge in [-0.15, -0.1) is 11.3 Å². The van der Waals surface area contributed by atoms with Gasteiger partial charge in [-0.3, -0.25) is 4.79 Å². The second-order valence-electron chi connectivity index (χ2n) is 7.09. The molecule has 2 aromatic rings. The van der Waals surface area contributed by atoms with E-state index in [1.165, 1.54) is 22.1 Å². The van der Waals surface area contributed by atoms with Gasteiger partial charge in [-0.1, -0.05) is 11.6 Å². The molecule has 31 heavy (non-hydrogen) atoms. The van der Waals surface area contributed by atoms with E-state index in [0.29, 0.717) is 28.4 Å². The van der Waals surface area contributed by atoms with Gasteiger partial charge < -0.3 is 4.74 Å². The first-order valence-corrected chi connectivity index (χ1v) is 12.3. The molecule has 1 aliphatic heterocycles. The molecule has 1 fully saturated rings. The van der Waals surface area contributed by atoms with Crippen LogP contribution in [0.25, 0.3) is 6.08 Å². The number of hydrogen-bond donors (Lipinski definition) is 0. The van der Waals surface area contributed by atoms with Crippen LogP contribution in [0.1, 0.15) is 40.3 Å². The smallest absolute Gasteiger partial charge is 0.331 e. The average molecular weight is 483 g/mol. The predicted octanol–water partition coefficient (Wildman–Crippen LogP) is 2.40. The number of carbonyl (C=O) groups excluding carboxylic acids is 2. The SMILES string of the molecule is Cc1csc([C@@H](C#N)C(=O)COC(=O)/C=C/c2c(C)nn([C@H]3CCS(=O)(=O)C3)c2Cl)n1. The monoisotopic (exact) mass is 482 g/mol. The minimum Gasteiger partial charge on any atom is -0.454 e. The largest absolute Gasteiger partial charge is 0.454 e. The molecular weight excluding hydrogens is 464 g/mol. The van der Waals surface area contributed by atoms with Gasteiger partial charge >= 0.3 is 5.97 Å². The van der Waals surface area contributed by atoms with Crippen LogP contribution in [0.5, 0.6) is 0 Å². The van der Waals surface area contributed by atoms with Crippen LogP contribution < -0.4 is 0 Å². The summed E-state index contributed by atoms with van der Waals surface area (Å²) in [5.74, 6) is -2.38. The lowest BCUT2D eigenvalue weighted by Crippen LogP contribution is -2.19. The zero-order valence-electron chi connectivity index (χ0n) is 16.7. The quantitative estimate of drug-likeness (QED) is 0.434. The molecule has 0 spiro atoms. The number of ether oxygens (including phenoxy) is 1. The van der Waals surface area contributed by atoms with Gasteiger partial charge in [0.25, 0.3) is 0 Å². The molecule has 2 aromatic heterocycles. The summed E-state index contributed by atoms with van der Waals surface area (Å²) in [6.45, 7) is 2.88. The van der Waals surface area contributed by atoms with E-state index in [1.54, 1.807) is 19.2 Å². The van der Waals surface area contributed by atoms with Crippen molar-refractivity contribution in [2.45, 2.75) is 32.2 Å². The van der Waals surface area contributed by atoms with E-state index in [9.17, 15) is 23.3 Å². The Morgan fingerprint density at radius 3 is 2.81 bits per heavy atom. The number of esters is 1. The van der Waals surface area contributed by atoms with Crippen LogP contribution in [0, 0.1) is 25.2 Å². The third-order valence-corrected chi connectivity index (χ3v) is 7.86. The molecular formula is C19H19ClN4O5S2. The number of sulfone groups is 1. The summed E-state index contributed by atoms with van der Waals surface area (Å²) < 4.78 is 29.8. The highest BCUT2D eigenvalue weighted by Gasteiger charge is 2.32. The molecule has 3 rings (SSSR count). The van der Waals surface area contributed by atoms with Gasteiger partial charge in [-0.25, -0.2) is 22.9 Å². The van der Waals surface area contributed by atoms with E-state index in [1.807, 2.05) is 6.07 Å². The molecule has 1 aliphatic rings. The maximum Gasteiger partial charge on any atom is 0.331 e. The number of thiazole rings is 1. The first-order valence-electron chi connectivity index (χ1n) is 9.25. The van der Waals surface area contributed by atoms with Crippen LogP contribution in [-0.2, 0) is 24.2 Å². The summed E-state index contributed by atoms with van der Waals surface area (Å²) in [5.41, 5.74) is 1.69. The minimum absolute atomic E-state index is 0.0279. The zero-order valence-corrected chi connectivity index (χ0v) is 19.1. The van der Waals surface area contributed by atoms with Gasteiger partial charge in [-0.05, 0) is 26.3 Å². The molecule has 0 radical (unpaired) electrons. The second kappa shape index (κ2) is 9.30. The Bertz CT molecular complexity index is 1190. The van der Waals surface area contributed by atoms with E-state index >= 15 is 0 Å². The molecule has 1 saturated heterocycles. The number of aryl methyl sites for hydroxylation is 2. The molecule has 0 aromatic carbocycles. The van der Waals surface area contributed by atoms with Crippen LogP contribution in [-0.4, -0.2) is 53.0 Å². The Hall–Kier alpha value is -2.55.